The quantitative estimate of drug-likeness (QED) is 0.299. The first kappa shape index (κ1) is 21.8. The average Bonchev–Trinajstić information content (AvgIpc) is 3.39. The van der Waals surface area contributed by atoms with Gasteiger partial charge in [-0.3, -0.25) is 4.79 Å². The third-order valence-corrected chi connectivity index (χ3v) is 6.15. The number of hydrogen-bond acceptors (Lipinski definition) is 2. The lowest BCUT2D eigenvalue weighted by atomic mass is 9.71. The third kappa shape index (κ3) is 5.61. The predicted octanol–water partition coefficient (Wildman–Crippen LogP) is 6.46. The second-order valence-electron chi connectivity index (χ2n) is 8.32. The number of carbonyl (C=O) groups excluding carboxylic acids is 1. The van der Waals surface area contributed by atoms with Crippen molar-refractivity contribution in [3.8, 4) is 0 Å². The molecule has 0 amide bonds. The van der Waals surface area contributed by atoms with Crippen LogP contribution in [0.1, 0.15) is 46.6 Å². The molecule has 2 atom stereocenters. The fraction of sp³-hybridized carbons (Fsp3) is 0.207. The van der Waals surface area contributed by atoms with Crippen LogP contribution >= 0.6 is 0 Å². The SMILES string of the molecule is CC([C](Cc1ccccc1)C(CC(=O)c1ncc[nH]1)Cc1ccccc1)c1ccccc1. The minimum absolute atomic E-state index is 0.0572. The van der Waals surface area contributed by atoms with Gasteiger partial charge >= 0.3 is 0 Å². The summed E-state index contributed by atoms with van der Waals surface area (Å²) in [6, 6.07) is 31.6. The summed E-state index contributed by atoms with van der Waals surface area (Å²) in [4.78, 5) is 20.3. The Labute approximate surface area is 190 Å². The number of aromatic amines is 1. The number of Topliss-reactive ketones (excluding diaryl/α,β-unsaturated/α-hetero) is 1. The smallest absolute Gasteiger partial charge is 0.198 e. The van der Waals surface area contributed by atoms with Crippen LogP contribution in [0.3, 0.4) is 0 Å². The Morgan fingerprint density at radius 3 is 2.03 bits per heavy atom. The number of nitrogens with zero attached hydrogens (tertiary/aromatic N) is 1. The maximum atomic E-state index is 13.1. The maximum absolute atomic E-state index is 13.1. The first-order valence-electron chi connectivity index (χ1n) is 11.2. The van der Waals surface area contributed by atoms with Crippen LogP contribution < -0.4 is 0 Å². The summed E-state index contributed by atoms with van der Waals surface area (Å²) in [6.45, 7) is 2.27. The van der Waals surface area contributed by atoms with E-state index < -0.39 is 0 Å². The highest BCUT2D eigenvalue weighted by Gasteiger charge is 2.31. The molecule has 0 fully saturated rings. The largest absolute Gasteiger partial charge is 0.342 e. The van der Waals surface area contributed by atoms with E-state index in [-0.39, 0.29) is 17.6 Å². The van der Waals surface area contributed by atoms with Crippen LogP contribution in [0.5, 0.6) is 0 Å². The van der Waals surface area contributed by atoms with E-state index >= 15 is 0 Å². The van der Waals surface area contributed by atoms with Gasteiger partial charge in [0.15, 0.2) is 11.6 Å². The molecule has 0 saturated carbocycles. The van der Waals surface area contributed by atoms with Crippen LogP contribution in [0.15, 0.2) is 103 Å². The molecule has 0 spiro atoms. The van der Waals surface area contributed by atoms with Gasteiger partial charge < -0.3 is 4.98 Å². The minimum Gasteiger partial charge on any atom is -0.342 e. The van der Waals surface area contributed by atoms with Crippen LogP contribution in [-0.2, 0) is 12.8 Å². The van der Waals surface area contributed by atoms with E-state index in [9.17, 15) is 4.79 Å². The van der Waals surface area contributed by atoms with E-state index in [0.29, 0.717) is 12.2 Å². The Hall–Kier alpha value is -3.46. The van der Waals surface area contributed by atoms with Gasteiger partial charge in [-0.25, -0.2) is 4.98 Å². The van der Waals surface area contributed by atoms with E-state index in [1.807, 2.05) is 12.1 Å². The maximum Gasteiger partial charge on any atom is 0.198 e. The number of aromatic nitrogens is 2. The number of imidazole rings is 1. The molecule has 2 unspecified atom stereocenters. The molecule has 3 aromatic carbocycles. The number of carbonyl (C=O) groups is 1. The number of ketones is 1. The van der Waals surface area contributed by atoms with Gasteiger partial charge in [0.25, 0.3) is 0 Å². The lowest BCUT2D eigenvalue weighted by molar-refractivity contribution is 0.0951. The van der Waals surface area contributed by atoms with Gasteiger partial charge in [0, 0.05) is 18.8 Å². The number of benzene rings is 3. The summed E-state index contributed by atoms with van der Waals surface area (Å²) < 4.78 is 0. The minimum atomic E-state index is 0.0572. The Bertz CT molecular complexity index is 1080. The molecule has 1 radical (unpaired) electrons. The molecule has 0 aliphatic rings. The monoisotopic (exact) mass is 421 g/mol. The second-order valence-corrected chi connectivity index (χ2v) is 8.32. The third-order valence-electron chi connectivity index (χ3n) is 6.15. The van der Waals surface area contributed by atoms with Gasteiger partial charge in [-0.2, -0.15) is 0 Å². The lowest BCUT2D eigenvalue weighted by Crippen LogP contribution is -2.26. The van der Waals surface area contributed by atoms with Gasteiger partial charge in [-0.1, -0.05) is 97.9 Å². The van der Waals surface area contributed by atoms with Crippen molar-refractivity contribution < 1.29 is 4.79 Å². The van der Waals surface area contributed by atoms with E-state index in [1.165, 1.54) is 22.6 Å². The van der Waals surface area contributed by atoms with Gasteiger partial charge in [0.2, 0.25) is 0 Å². The van der Waals surface area contributed by atoms with Crippen LogP contribution in [0.25, 0.3) is 0 Å². The van der Waals surface area contributed by atoms with E-state index in [1.54, 1.807) is 12.4 Å². The standard InChI is InChI=1S/C29H29N2O/c1-22(25-15-9-4-10-16-25)27(20-24-13-7-3-8-14-24)26(19-23-11-5-2-6-12-23)21-28(32)29-30-17-18-31-29/h2-18,22,26H,19-21H2,1H3,(H,30,31). The summed E-state index contributed by atoms with van der Waals surface area (Å²) in [5, 5.41) is 0. The molecule has 161 valence electrons. The molecule has 0 aliphatic carbocycles. The number of hydrogen-bond donors (Lipinski definition) is 1. The van der Waals surface area contributed by atoms with Gasteiger partial charge in [-0.05, 0) is 47.3 Å². The van der Waals surface area contributed by atoms with E-state index in [4.69, 9.17) is 0 Å². The topological polar surface area (TPSA) is 45.8 Å². The average molecular weight is 422 g/mol. The zero-order valence-corrected chi connectivity index (χ0v) is 18.4. The molecule has 0 aliphatic heterocycles. The highest BCUT2D eigenvalue weighted by Crippen LogP contribution is 2.38. The van der Waals surface area contributed by atoms with Crippen LogP contribution in [0.4, 0.5) is 0 Å². The molecule has 1 N–H and O–H groups in total. The first-order chi connectivity index (χ1) is 15.7. The van der Waals surface area contributed by atoms with Crippen LogP contribution in [-0.4, -0.2) is 15.8 Å². The molecule has 0 bridgehead atoms. The summed E-state index contributed by atoms with van der Waals surface area (Å²) in [5.41, 5.74) is 3.80. The first-order valence-corrected chi connectivity index (χ1v) is 11.2. The van der Waals surface area contributed by atoms with Crippen molar-refractivity contribution in [1.82, 2.24) is 9.97 Å². The van der Waals surface area contributed by atoms with Crippen molar-refractivity contribution in [3.63, 3.8) is 0 Å². The Kier molecular flexibility index (Phi) is 7.29. The zero-order chi connectivity index (χ0) is 22.2. The Morgan fingerprint density at radius 2 is 1.44 bits per heavy atom. The number of H-pyrrole nitrogens is 1. The molecule has 4 rings (SSSR count). The van der Waals surface area contributed by atoms with Crippen LogP contribution in [0, 0.1) is 11.8 Å². The Balaban J connectivity index is 1.68. The van der Waals surface area contributed by atoms with Crippen molar-refractivity contribution in [2.24, 2.45) is 5.92 Å². The van der Waals surface area contributed by atoms with Crippen LogP contribution in [0.2, 0.25) is 0 Å². The van der Waals surface area contributed by atoms with Gasteiger partial charge in [0.05, 0.1) is 0 Å². The molecular formula is C29H29N2O. The van der Waals surface area contributed by atoms with Crippen molar-refractivity contribution in [2.45, 2.75) is 32.1 Å². The zero-order valence-electron chi connectivity index (χ0n) is 18.4. The molecule has 32 heavy (non-hydrogen) atoms. The summed E-state index contributed by atoms with van der Waals surface area (Å²) in [6.07, 6.45) is 5.45. The molecule has 3 heteroatoms. The predicted molar refractivity (Wildman–Crippen MR) is 129 cm³/mol. The van der Waals surface area contributed by atoms with Crippen molar-refractivity contribution in [1.29, 1.82) is 0 Å². The highest BCUT2D eigenvalue weighted by molar-refractivity contribution is 5.92. The number of nitrogens with one attached hydrogen (secondary N) is 1. The lowest BCUT2D eigenvalue weighted by Gasteiger charge is -2.32. The highest BCUT2D eigenvalue weighted by atomic mass is 16.1. The fourth-order valence-corrected chi connectivity index (χ4v) is 4.41. The van der Waals surface area contributed by atoms with Crippen molar-refractivity contribution in [3.05, 3.63) is 132 Å². The molecule has 4 aromatic rings. The second kappa shape index (κ2) is 10.7. The molecule has 1 heterocycles. The number of rotatable bonds is 10. The summed E-state index contributed by atoms with van der Waals surface area (Å²) in [7, 11) is 0. The van der Waals surface area contributed by atoms with Gasteiger partial charge in [0.1, 0.15) is 0 Å². The van der Waals surface area contributed by atoms with E-state index in [2.05, 4.69) is 95.8 Å². The fourth-order valence-electron chi connectivity index (χ4n) is 4.41. The normalized spacial score (nSPS) is 13.1. The van der Waals surface area contributed by atoms with Crippen molar-refractivity contribution in [2.75, 3.05) is 0 Å². The summed E-state index contributed by atoms with van der Waals surface area (Å²) >= 11 is 0. The Morgan fingerprint density at radius 1 is 0.844 bits per heavy atom. The van der Waals surface area contributed by atoms with Gasteiger partial charge in [-0.15, -0.1) is 0 Å². The molecule has 1 aromatic heterocycles. The molecule has 0 saturated heterocycles. The van der Waals surface area contributed by atoms with E-state index in [0.717, 1.165) is 12.8 Å². The molecule has 3 nitrogen and oxygen atoms in total. The molecular weight excluding hydrogens is 392 g/mol. The summed E-state index contributed by atoms with van der Waals surface area (Å²) in [5.74, 6) is 2.21. The van der Waals surface area contributed by atoms with Crippen molar-refractivity contribution >= 4 is 5.78 Å².